The van der Waals surface area contributed by atoms with Crippen molar-refractivity contribution in [1.29, 1.82) is 0 Å². The molecule has 2 atom stereocenters. The first kappa shape index (κ1) is 7.70. The summed E-state index contributed by atoms with van der Waals surface area (Å²) >= 11 is 0. The first-order valence-corrected chi connectivity index (χ1v) is 6.36. The lowest BCUT2D eigenvalue weighted by Gasteiger charge is -2.29. The summed E-state index contributed by atoms with van der Waals surface area (Å²) in [6.45, 7) is 0.711. The summed E-state index contributed by atoms with van der Waals surface area (Å²) in [6, 6.07) is 0.0865. The number of aromatic amines is 1. The Labute approximate surface area is 118 Å². The van der Waals surface area contributed by atoms with Gasteiger partial charge in [-0.2, -0.15) is 5.16 Å². The first-order chi connectivity index (χ1) is 11.4. The van der Waals surface area contributed by atoms with Crippen molar-refractivity contribution in [3.8, 4) is 0 Å². The molecule has 0 unspecified atom stereocenters. The average Bonchev–Trinajstić information content (AvgIpc) is 3.02. The molecular weight excluding hydrogens is 240 g/mol. The van der Waals surface area contributed by atoms with Gasteiger partial charge in [-0.25, -0.2) is 0 Å². The third-order valence-electron chi connectivity index (χ3n) is 3.44. The van der Waals surface area contributed by atoms with Gasteiger partial charge in [-0.15, -0.1) is 0 Å². The topological polar surface area (TPSA) is 58.0 Å². The van der Waals surface area contributed by atoms with E-state index >= 15 is 0 Å². The number of hydrogen-bond acceptors (Lipinski definition) is 3. The minimum absolute atomic E-state index is 0.0486. The van der Waals surface area contributed by atoms with Crippen molar-refractivity contribution in [2.45, 2.75) is 31.2 Å². The molecule has 1 fully saturated rings. The lowest BCUT2D eigenvalue weighted by atomic mass is 9.87. The van der Waals surface area contributed by atoms with Crippen molar-refractivity contribution in [1.82, 2.24) is 10.5 Å². The van der Waals surface area contributed by atoms with Gasteiger partial charge in [0.15, 0.2) is 0 Å². The zero-order valence-corrected chi connectivity index (χ0v) is 10.4. The van der Waals surface area contributed by atoms with E-state index in [2.05, 4.69) is 10.5 Å². The Morgan fingerprint density at radius 1 is 1.37 bits per heavy atom. The molecule has 0 aliphatic carbocycles. The van der Waals surface area contributed by atoms with Crippen molar-refractivity contribution in [2.24, 2.45) is 0 Å². The molecule has 0 saturated carbocycles. The quantitative estimate of drug-likeness (QED) is 0.891. The molecular formula is C15H18N2O2. The normalized spacial score (nSPS) is 27.1. The molecule has 2 heterocycles. The molecule has 1 aromatic heterocycles. The van der Waals surface area contributed by atoms with E-state index < -0.39 is 0 Å². The van der Waals surface area contributed by atoms with Gasteiger partial charge < -0.3 is 9.84 Å². The van der Waals surface area contributed by atoms with Crippen molar-refractivity contribution in [3.05, 3.63) is 58.0 Å². The van der Waals surface area contributed by atoms with E-state index in [1.54, 1.807) is 0 Å². The van der Waals surface area contributed by atoms with Crippen LogP contribution in [0.3, 0.4) is 0 Å². The fourth-order valence-corrected chi connectivity index (χ4v) is 2.54. The number of aromatic nitrogens is 1. The second-order valence-corrected chi connectivity index (χ2v) is 4.80. The van der Waals surface area contributed by atoms with Gasteiger partial charge in [-0.05, 0) is 31.4 Å². The molecule has 1 aromatic carbocycles. The van der Waals surface area contributed by atoms with Gasteiger partial charge in [0, 0.05) is 18.0 Å². The largest absolute Gasteiger partial charge is 0.383 e. The highest BCUT2D eigenvalue weighted by Gasteiger charge is 2.25. The number of H-pyrrole nitrogens is 1. The van der Waals surface area contributed by atoms with Crippen LogP contribution in [0.4, 0.5) is 0 Å². The summed E-state index contributed by atoms with van der Waals surface area (Å²) in [5, 5.41) is 5.60. The Kier molecular flexibility index (Phi) is 2.21. The highest BCUT2D eigenvalue weighted by Crippen LogP contribution is 2.27. The zero-order chi connectivity index (χ0) is 17.4. The highest BCUT2D eigenvalue weighted by molar-refractivity contribution is 5.17. The number of piperidine rings is 1. The van der Waals surface area contributed by atoms with Crippen LogP contribution >= 0.6 is 0 Å². The highest BCUT2D eigenvalue weighted by atomic mass is 16.5. The second-order valence-electron chi connectivity index (χ2n) is 4.80. The van der Waals surface area contributed by atoms with Crippen LogP contribution in [0, 0.1) is 0 Å². The molecule has 1 aliphatic rings. The van der Waals surface area contributed by atoms with Crippen molar-refractivity contribution in [2.75, 3.05) is 6.54 Å². The Morgan fingerprint density at radius 2 is 2.21 bits per heavy atom. The van der Waals surface area contributed by atoms with Crippen LogP contribution in [-0.4, -0.2) is 17.7 Å². The molecule has 0 bridgehead atoms. The van der Waals surface area contributed by atoms with Gasteiger partial charge in [0.1, 0.15) is 5.76 Å². The van der Waals surface area contributed by atoms with Gasteiger partial charge in [0.2, 0.25) is 0 Å². The molecule has 1 saturated heterocycles. The molecule has 2 N–H and O–H groups in total. The number of nitrogens with one attached hydrogen (secondary N) is 2. The second kappa shape index (κ2) is 5.45. The summed E-state index contributed by atoms with van der Waals surface area (Å²) in [5.74, 6) is 0.674. The Morgan fingerprint density at radius 3 is 2.95 bits per heavy atom. The molecule has 0 radical (unpaired) electrons. The van der Waals surface area contributed by atoms with Gasteiger partial charge in [0.05, 0.1) is 6.85 Å². The smallest absolute Gasteiger partial charge is 0.280 e. The van der Waals surface area contributed by atoms with E-state index in [9.17, 15) is 4.79 Å². The standard InChI is InChI=1S/C15H18N2O2/c18-15-10-14(19-17-15)12-6-7-16-13(9-12)8-11-4-2-1-3-5-11/h1-5,10,12-13,16H,6-9H2,(H,17,18)/t12-,13-/m1/s1/i1D,2D,3D,4D,5D. The maximum Gasteiger partial charge on any atom is 0.280 e. The van der Waals surface area contributed by atoms with Crippen LogP contribution in [0.5, 0.6) is 0 Å². The first-order valence-electron chi connectivity index (χ1n) is 8.86. The predicted molar refractivity (Wildman–Crippen MR) is 73.2 cm³/mol. The Hall–Kier alpha value is -1.81. The number of rotatable bonds is 3. The average molecular weight is 263 g/mol. The maximum absolute atomic E-state index is 11.2. The summed E-state index contributed by atoms with van der Waals surface area (Å²) in [6.07, 6.45) is 1.82. The van der Waals surface area contributed by atoms with Crippen LogP contribution in [0.2, 0.25) is 0 Å². The summed E-state index contributed by atoms with van der Waals surface area (Å²) < 4.78 is 44.3. The van der Waals surface area contributed by atoms with Gasteiger partial charge in [-0.3, -0.25) is 4.79 Å². The SMILES string of the molecule is [2H]c1c([2H])c([2H])c(C[C@@H]2C[C@H](c3cc(=O)[nH]o3)CCN2)c([2H])c1[2H]. The molecule has 19 heavy (non-hydrogen) atoms. The van der Waals surface area contributed by atoms with Crippen LogP contribution < -0.4 is 10.9 Å². The molecule has 100 valence electrons. The number of benzene rings is 1. The van der Waals surface area contributed by atoms with E-state index in [1.165, 1.54) is 6.07 Å². The van der Waals surface area contributed by atoms with E-state index in [0.717, 1.165) is 6.42 Å². The van der Waals surface area contributed by atoms with Crippen molar-refractivity contribution < 1.29 is 11.4 Å². The van der Waals surface area contributed by atoms with Crippen molar-refractivity contribution in [3.63, 3.8) is 0 Å². The van der Waals surface area contributed by atoms with Gasteiger partial charge >= 0.3 is 0 Å². The predicted octanol–water partition coefficient (Wildman–Crippen LogP) is 2.05. The fourth-order valence-electron chi connectivity index (χ4n) is 2.54. The van der Waals surface area contributed by atoms with Crippen LogP contribution in [0.15, 0.2) is 45.6 Å². The lowest BCUT2D eigenvalue weighted by Crippen LogP contribution is -2.38. The molecule has 0 amide bonds. The van der Waals surface area contributed by atoms with Crippen LogP contribution in [0.1, 0.15) is 36.9 Å². The Balaban J connectivity index is 1.82. The molecule has 3 rings (SSSR count). The van der Waals surface area contributed by atoms with E-state index in [1.807, 2.05) is 0 Å². The van der Waals surface area contributed by atoms with E-state index in [4.69, 9.17) is 11.4 Å². The number of hydrogen-bond donors (Lipinski definition) is 2. The third-order valence-corrected chi connectivity index (χ3v) is 3.44. The van der Waals surface area contributed by atoms with Crippen LogP contribution in [0.25, 0.3) is 0 Å². The van der Waals surface area contributed by atoms with E-state index in [-0.39, 0.29) is 47.7 Å². The summed E-state index contributed by atoms with van der Waals surface area (Å²) in [5.41, 5.74) is 0.0420. The minimum Gasteiger partial charge on any atom is -0.383 e. The van der Waals surface area contributed by atoms with Crippen molar-refractivity contribution >= 4 is 0 Å². The monoisotopic (exact) mass is 263 g/mol. The van der Waals surface area contributed by atoms with E-state index in [0.29, 0.717) is 30.7 Å². The molecule has 4 nitrogen and oxygen atoms in total. The van der Waals surface area contributed by atoms with Crippen LogP contribution in [-0.2, 0) is 6.42 Å². The molecule has 0 spiro atoms. The lowest BCUT2D eigenvalue weighted by molar-refractivity contribution is 0.292. The summed E-state index contributed by atoms with van der Waals surface area (Å²) in [7, 11) is 0. The van der Waals surface area contributed by atoms with Gasteiger partial charge in [-0.1, -0.05) is 30.2 Å². The minimum atomic E-state index is -0.377. The Bertz CT molecular complexity index is 788. The molecule has 1 aliphatic heterocycles. The molecule has 4 heteroatoms. The third kappa shape index (κ3) is 2.96. The fraction of sp³-hybridized carbons (Fsp3) is 0.400. The van der Waals surface area contributed by atoms with Gasteiger partial charge in [0.25, 0.3) is 5.56 Å². The maximum atomic E-state index is 11.2. The summed E-state index contributed by atoms with van der Waals surface area (Å²) in [4.78, 5) is 11.2. The zero-order valence-electron chi connectivity index (χ0n) is 15.4. The molecule has 2 aromatic rings.